The molecule has 5 nitrogen and oxygen atoms in total. The summed E-state index contributed by atoms with van der Waals surface area (Å²) in [7, 11) is 0. The van der Waals surface area contributed by atoms with Gasteiger partial charge in [-0.15, -0.1) is 0 Å². The number of nitriles is 1. The number of amides is 1. The molecule has 120 valence electrons. The molecule has 0 unspecified atom stereocenters. The van der Waals surface area contributed by atoms with Crippen LogP contribution in [0.15, 0.2) is 48.8 Å². The van der Waals surface area contributed by atoms with Crippen LogP contribution in [-0.4, -0.2) is 15.5 Å². The molecule has 0 saturated heterocycles. The summed E-state index contributed by atoms with van der Waals surface area (Å²) in [6, 6.07) is 15.2. The standard InChI is InChI=1S/C18H15ClN4O/c19-14-3-1-13(2-4-14)8-10-23-12-21-16-11-15(5-6-17(16)23)22-18(24)7-9-20/h1-6,11-12H,7-8,10H2,(H,22,24). The van der Waals surface area contributed by atoms with E-state index in [2.05, 4.69) is 14.9 Å². The maximum Gasteiger partial charge on any atom is 0.238 e. The molecule has 0 spiro atoms. The van der Waals surface area contributed by atoms with Crippen LogP contribution in [0.25, 0.3) is 11.0 Å². The van der Waals surface area contributed by atoms with Gasteiger partial charge < -0.3 is 9.88 Å². The van der Waals surface area contributed by atoms with Crippen molar-refractivity contribution in [3.8, 4) is 6.07 Å². The lowest BCUT2D eigenvalue weighted by atomic mass is 10.1. The Hall–Kier alpha value is -2.84. The van der Waals surface area contributed by atoms with Crippen molar-refractivity contribution in [3.05, 3.63) is 59.4 Å². The molecule has 3 rings (SSSR count). The molecule has 2 aromatic carbocycles. The zero-order valence-corrected chi connectivity index (χ0v) is 13.6. The number of carbonyl (C=O) groups is 1. The van der Waals surface area contributed by atoms with Crippen LogP contribution in [0.4, 0.5) is 5.69 Å². The van der Waals surface area contributed by atoms with Crippen molar-refractivity contribution >= 4 is 34.2 Å². The van der Waals surface area contributed by atoms with Gasteiger partial charge in [-0.25, -0.2) is 4.98 Å². The fourth-order valence-electron chi connectivity index (χ4n) is 2.50. The average Bonchev–Trinajstić information content (AvgIpc) is 2.97. The predicted octanol–water partition coefficient (Wildman–Crippen LogP) is 3.78. The Kier molecular flexibility index (Phi) is 4.78. The Bertz CT molecular complexity index is 909. The quantitative estimate of drug-likeness (QED) is 0.769. The van der Waals surface area contributed by atoms with Gasteiger partial charge >= 0.3 is 0 Å². The molecule has 0 saturated carbocycles. The van der Waals surface area contributed by atoms with E-state index < -0.39 is 0 Å². The van der Waals surface area contributed by atoms with Crippen molar-refractivity contribution in [2.75, 3.05) is 5.32 Å². The largest absolute Gasteiger partial charge is 0.330 e. The van der Waals surface area contributed by atoms with E-state index in [4.69, 9.17) is 16.9 Å². The molecular weight excluding hydrogens is 324 g/mol. The minimum Gasteiger partial charge on any atom is -0.330 e. The van der Waals surface area contributed by atoms with Gasteiger partial charge in [-0.3, -0.25) is 4.79 Å². The molecule has 0 aliphatic rings. The molecule has 1 heterocycles. The molecule has 1 aromatic heterocycles. The van der Waals surface area contributed by atoms with Crippen molar-refractivity contribution in [1.82, 2.24) is 9.55 Å². The van der Waals surface area contributed by atoms with Gasteiger partial charge in [0.25, 0.3) is 0 Å². The second-order valence-electron chi connectivity index (χ2n) is 5.40. The first-order valence-electron chi connectivity index (χ1n) is 7.52. The van der Waals surface area contributed by atoms with Crippen LogP contribution in [0, 0.1) is 11.3 Å². The van der Waals surface area contributed by atoms with Crippen LogP contribution < -0.4 is 5.32 Å². The van der Waals surface area contributed by atoms with Crippen molar-refractivity contribution in [2.24, 2.45) is 0 Å². The maximum absolute atomic E-state index is 11.5. The first-order valence-corrected chi connectivity index (χ1v) is 7.89. The van der Waals surface area contributed by atoms with Gasteiger partial charge in [-0.05, 0) is 42.3 Å². The van der Waals surface area contributed by atoms with E-state index in [0.717, 1.165) is 29.0 Å². The summed E-state index contributed by atoms with van der Waals surface area (Å²) in [5.41, 5.74) is 3.66. The highest BCUT2D eigenvalue weighted by molar-refractivity contribution is 6.30. The summed E-state index contributed by atoms with van der Waals surface area (Å²) in [5.74, 6) is -0.320. The number of hydrogen-bond donors (Lipinski definition) is 1. The highest BCUT2D eigenvalue weighted by Crippen LogP contribution is 2.19. The molecule has 3 aromatic rings. The van der Waals surface area contributed by atoms with Crippen LogP contribution in [0.5, 0.6) is 0 Å². The SMILES string of the molecule is N#CCC(=O)Nc1ccc2c(c1)ncn2CCc1ccc(Cl)cc1. The van der Waals surface area contributed by atoms with Gasteiger partial charge in [0.1, 0.15) is 6.42 Å². The highest BCUT2D eigenvalue weighted by atomic mass is 35.5. The molecule has 0 bridgehead atoms. The molecule has 0 atom stereocenters. The third-order valence-electron chi connectivity index (χ3n) is 3.70. The first-order chi connectivity index (χ1) is 11.7. The fraction of sp³-hybridized carbons (Fsp3) is 0.167. The monoisotopic (exact) mass is 338 g/mol. The first kappa shape index (κ1) is 16.0. The summed E-state index contributed by atoms with van der Waals surface area (Å²) in [4.78, 5) is 15.9. The number of imidazole rings is 1. The van der Waals surface area contributed by atoms with Crippen molar-refractivity contribution in [1.29, 1.82) is 5.26 Å². The minimum absolute atomic E-state index is 0.159. The summed E-state index contributed by atoms with van der Waals surface area (Å²) in [6.07, 6.45) is 2.51. The van der Waals surface area contributed by atoms with Gasteiger partial charge in [-0.1, -0.05) is 23.7 Å². The van der Waals surface area contributed by atoms with Crippen LogP contribution in [0.3, 0.4) is 0 Å². The number of benzene rings is 2. The van der Waals surface area contributed by atoms with Gasteiger partial charge in [-0.2, -0.15) is 5.26 Å². The number of aryl methyl sites for hydroxylation is 2. The molecule has 1 N–H and O–H groups in total. The third-order valence-corrected chi connectivity index (χ3v) is 3.95. The predicted molar refractivity (Wildman–Crippen MR) is 93.7 cm³/mol. The van der Waals surface area contributed by atoms with Gasteiger partial charge in [0, 0.05) is 17.3 Å². The van der Waals surface area contributed by atoms with E-state index in [1.807, 2.05) is 48.5 Å². The summed E-state index contributed by atoms with van der Waals surface area (Å²) < 4.78 is 2.07. The number of nitrogens with one attached hydrogen (secondary N) is 1. The molecule has 0 radical (unpaired) electrons. The lowest BCUT2D eigenvalue weighted by Gasteiger charge is -2.06. The zero-order chi connectivity index (χ0) is 16.9. The summed E-state index contributed by atoms with van der Waals surface area (Å²) in [6.45, 7) is 0.804. The molecule has 1 amide bonds. The molecule has 0 aliphatic carbocycles. The van der Waals surface area contributed by atoms with Crippen LogP contribution in [0.2, 0.25) is 5.02 Å². The minimum atomic E-state index is -0.320. The van der Waals surface area contributed by atoms with E-state index in [1.165, 1.54) is 5.56 Å². The van der Waals surface area contributed by atoms with E-state index in [1.54, 1.807) is 6.33 Å². The topological polar surface area (TPSA) is 70.7 Å². The smallest absolute Gasteiger partial charge is 0.238 e. The lowest BCUT2D eigenvalue weighted by molar-refractivity contribution is -0.115. The van der Waals surface area contributed by atoms with Gasteiger partial charge in [0.2, 0.25) is 5.91 Å². The van der Waals surface area contributed by atoms with Crippen LogP contribution in [0.1, 0.15) is 12.0 Å². The number of nitrogens with zero attached hydrogens (tertiary/aromatic N) is 3. The Morgan fingerprint density at radius 2 is 2.04 bits per heavy atom. The molecule has 6 heteroatoms. The Labute approximate surface area is 144 Å². The van der Waals surface area contributed by atoms with Gasteiger partial charge in [0.05, 0.1) is 23.4 Å². The Morgan fingerprint density at radius 3 is 2.79 bits per heavy atom. The molecule has 0 fully saturated rings. The second-order valence-corrected chi connectivity index (χ2v) is 5.84. The fourth-order valence-corrected chi connectivity index (χ4v) is 2.62. The highest BCUT2D eigenvalue weighted by Gasteiger charge is 2.06. The normalized spacial score (nSPS) is 10.5. The zero-order valence-electron chi connectivity index (χ0n) is 12.9. The van der Waals surface area contributed by atoms with Crippen molar-refractivity contribution < 1.29 is 4.79 Å². The maximum atomic E-state index is 11.5. The number of anilines is 1. The van der Waals surface area contributed by atoms with E-state index in [0.29, 0.717) is 5.69 Å². The molecule has 0 aliphatic heterocycles. The lowest BCUT2D eigenvalue weighted by Crippen LogP contribution is -2.09. The number of carbonyl (C=O) groups excluding carboxylic acids is 1. The van der Waals surface area contributed by atoms with Crippen molar-refractivity contribution in [2.45, 2.75) is 19.4 Å². The Balaban J connectivity index is 1.72. The second kappa shape index (κ2) is 7.16. The average molecular weight is 339 g/mol. The third kappa shape index (κ3) is 3.73. The Morgan fingerprint density at radius 1 is 1.25 bits per heavy atom. The van der Waals surface area contributed by atoms with Crippen LogP contribution in [-0.2, 0) is 17.8 Å². The number of fused-ring (bicyclic) bond motifs is 1. The van der Waals surface area contributed by atoms with E-state index in [-0.39, 0.29) is 12.3 Å². The van der Waals surface area contributed by atoms with Gasteiger partial charge in [0.15, 0.2) is 0 Å². The number of rotatable bonds is 5. The molecule has 24 heavy (non-hydrogen) atoms. The summed E-state index contributed by atoms with van der Waals surface area (Å²) in [5, 5.41) is 11.9. The number of aromatic nitrogens is 2. The van der Waals surface area contributed by atoms with E-state index >= 15 is 0 Å². The van der Waals surface area contributed by atoms with Crippen molar-refractivity contribution in [3.63, 3.8) is 0 Å². The van der Waals surface area contributed by atoms with Crippen LogP contribution >= 0.6 is 11.6 Å². The number of hydrogen-bond acceptors (Lipinski definition) is 3. The van der Waals surface area contributed by atoms with E-state index in [9.17, 15) is 4.79 Å². The molecular formula is C18H15ClN4O. The number of halogens is 1. The summed E-state index contributed by atoms with van der Waals surface area (Å²) >= 11 is 5.90.